The lowest BCUT2D eigenvalue weighted by Crippen LogP contribution is -2.77. The Kier molecular flexibility index (Phi) is 7.20. The van der Waals surface area contributed by atoms with Crippen molar-refractivity contribution in [3.63, 3.8) is 0 Å². The van der Waals surface area contributed by atoms with Crippen LogP contribution in [0, 0.1) is 23.7 Å². The fraction of sp³-hybridized carbons (Fsp3) is 0.645. The third-order valence-corrected chi connectivity index (χ3v) is 10.0. The van der Waals surface area contributed by atoms with E-state index < -0.39 is 76.4 Å². The van der Waals surface area contributed by atoms with Crippen LogP contribution < -0.4 is 16.4 Å². The molecule has 3 aliphatic carbocycles. The topological polar surface area (TPSA) is 199 Å². The molecule has 234 valence electrons. The molecule has 0 bridgehead atoms. The molecule has 1 aromatic rings. The van der Waals surface area contributed by atoms with E-state index >= 15 is 0 Å². The Morgan fingerprint density at radius 1 is 1.05 bits per heavy atom. The molecular weight excluding hydrogens is 556 g/mol. The maximum Gasteiger partial charge on any atom is 0.235 e. The number of anilines is 1. The lowest BCUT2D eigenvalue weighted by molar-refractivity contribution is -0.196. The minimum absolute atomic E-state index is 0.0511. The van der Waals surface area contributed by atoms with Gasteiger partial charge in [0.15, 0.2) is 34.7 Å². The fourth-order valence-electron chi connectivity index (χ4n) is 8.75. The number of rotatable bonds is 4. The number of carbonyl (C=O) groups is 5. The molecule has 0 aromatic heterocycles. The molecule has 1 aromatic carbocycles. The van der Waals surface area contributed by atoms with Crippen molar-refractivity contribution in [1.82, 2.24) is 10.2 Å². The molecule has 2 saturated carbocycles. The van der Waals surface area contributed by atoms with Crippen molar-refractivity contribution < 1.29 is 39.3 Å². The molecule has 1 heterocycles. The van der Waals surface area contributed by atoms with Gasteiger partial charge in [-0.15, -0.1) is 0 Å². The first-order valence-electron chi connectivity index (χ1n) is 14.7. The van der Waals surface area contributed by atoms with Gasteiger partial charge in [-0.05, 0) is 72.2 Å². The molecule has 0 radical (unpaired) electrons. The zero-order valence-electron chi connectivity index (χ0n) is 25.6. The van der Waals surface area contributed by atoms with Crippen LogP contribution in [0.3, 0.4) is 0 Å². The van der Waals surface area contributed by atoms with Gasteiger partial charge >= 0.3 is 0 Å². The number of primary amides is 1. The lowest BCUT2D eigenvalue weighted by atomic mass is 9.49. The number of likely N-dealkylation sites (N-methyl/N-ethyl adjacent to an activating group) is 1. The van der Waals surface area contributed by atoms with E-state index in [4.69, 9.17) is 5.73 Å². The number of nitrogens with two attached hydrogens (primary N) is 1. The Balaban J connectivity index is 1.59. The maximum atomic E-state index is 14.1. The van der Waals surface area contributed by atoms with E-state index in [-0.39, 0.29) is 28.4 Å². The maximum absolute atomic E-state index is 14.1. The standard InChI is InChI=1S/C31H42N4O8/c1-12-14-8-9-15(33-13-10-29(2,3)34-30(4,5)11-13)22(36)17(14)23(37)18-16(12)24(38)20-21(35(6)7)25(39)19(28(32)42)27(41)31(20,43)26(18)40/h8-9,12-13,16,18-21,24,33-34,36,38,43H,10-11H2,1-7H3,(H2,32,42)/t12-,16?,18?,19?,20?,21-,24-,31-/m0/s1. The average molecular weight is 599 g/mol. The van der Waals surface area contributed by atoms with E-state index in [0.717, 1.165) is 12.8 Å². The van der Waals surface area contributed by atoms with Crippen molar-refractivity contribution in [2.75, 3.05) is 19.4 Å². The smallest absolute Gasteiger partial charge is 0.235 e. The molecule has 12 heteroatoms. The van der Waals surface area contributed by atoms with Crippen LogP contribution in [0.5, 0.6) is 5.75 Å². The Morgan fingerprint density at radius 3 is 2.16 bits per heavy atom. The molecule has 43 heavy (non-hydrogen) atoms. The zero-order valence-corrected chi connectivity index (χ0v) is 25.6. The number of hydrogen-bond donors (Lipinski definition) is 6. The Hall–Kier alpha value is -3.19. The molecule has 5 rings (SSSR count). The van der Waals surface area contributed by atoms with Crippen molar-refractivity contribution in [2.45, 2.75) is 88.2 Å². The van der Waals surface area contributed by atoms with E-state index in [0.29, 0.717) is 11.3 Å². The van der Waals surface area contributed by atoms with Crippen molar-refractivity contribution in [3.8, 4) is 5.75 Å². The Labute approximate surface area is 250 Å². The number of hydrogen-bond acceptors (Lipinski definition) is 11. The van der Waals surface area contributed by atoms with Gasteiger partial charge in [0.1, 0.15) is 5.75 Å². The van der Waals surface area contributed by atoms with Crippen molar-refractivity contribution in [3.05, 3.63) is 23.3 Å². The predicted octanol–water partition coefficient (Wildman–Crippen LogP) is 0.120. The molecule has 1 saturated heterocycles. The summed E-state index contributed by atoms with van der Waals surface area (Å²) in [7, 11) is 2.92. The number of nitrogens with zero attached hydrogens (tertiary/aromatic N) is 1. The summed E-state index contributed by atoms with van der Waals surface area (Å²) in [5, 5.41) is 41.9. The highest BCUT2D eigenvalue weighted by molar-refractivity contribution is 6.32. The second-order valence-electron chi connectivity index (χ2n) is 14.4. The molecule has 4 aliphatic rings. The van der Waals surface area contributed by atoms with Gasteiger partial charge in [-0.25, -0.2) is 0 Å². The largest absolute Gasteiger partial charge is 0.505 e. The summed E-state index contributed by atoms with van der Waals surface area (Å²) in [6, 6.07) is 1.89. The van der Waals surface area contributed by atoms with E-state index in [1.807, 2.05) is 0 Å². The van der Waals surface area contributed by atoms with Gasteiger partial charge in [0.25, 0.3) is 0 Å². The number of phenolic OH excluding ortho intramolecular Hbond substituents is 1. The quantitative estimate of drug-likeness (QED) is 0.203. The second kappa shape index (κ2) is 9.91. The van der Waals surface area contributed by atoms with E-state index in [1.165, 1.54) is 19.0 Å². The Morgan fingerprint density at radius 2 is 1.63 bits per heavy atom. The van der Waals surface area contributed by atoms with Crippen LogP contribution in [-0.4, -0.2) is 98.2 Å². The summed E-state index contributed by atoms with van der Waals surface area (Å²) < 4.78 is 0. The van der Waals surface area contributed by atoms with Crippen LogP contribution in [0.4, 0.5) is 5.69 Å². The molecule has 7 N–H and O–H groups in total. The SMILES string of the molecule is C[C@H]1c2ccc(NC3CC(C)(C)NC(C)(C)C3)c(O)c2C(=O)C2C(=O)[C@]3(O)C(=O)C(C(N)=O)C(=O)[C@@H](N(C)C)C3[C@@H](O)C21. The monoisotopic (exact) mass is 598 g/mol. The first-order valence-corrected chi connectivity index (χ1v) is 14.7. The second-order valence-corrected chi connectivity index (χ2v) is 14.4. The number of aromatic hydroxyl groups is 1. The third-order valence-electron chi connectivity index (χ3n) is 10.0. The van der Waals surface area contributed by atoms with Crippen molar-refractivity contribution in [1.29, 1.82) is 0 Å². The minimum Gasteiger partial charge on any atom is -0.505 e. The molecule has 4 unspecified atom stereocenters. The van der Waals surface area contributed by atoms with Crippen LogP contribution in [-0.2, 0) is 19.2 Å². The van der Waals surface area contributed by atoms with Gasteiger partial charge in [-0.2, -0.15) is 0 Å². The predicted molar refractivity (Wildman–Crippen MR) is 155 cm³/mol. The summed E-state index contributed by atoms with van der Waals surface area (Å²) in [5.41, 5.74) is 2.54. The third kappa shape index (κ3) is 4.52. The van der Waals surface area contributed by atoms with Gasteiger partial charge in [0, 0.05) is 23.0 Å². The number of ketones is 4. The van der Waals surface area contributed by atoms with Gasteiger partial charge < -0.3 is 31.7 Å². The fourth-order valence-corrected chi connectivity index (χ4v) is 8.75. The van der Waals surface area contributed by atoms with Crippen LogP contribution in [0.1, 0.15) is 69.3 Å². The number of aliphatic hydroxyl groups is 2. The summed E-state index contributed by atoms with van der Waals surface area (Å²) in [6.07, 6.45) is -0.195. The normalized spacial score (nSPS) is 37.0. The van der Waals surface area contributed by atoms with Crippen molar-refractivity contribution >= 4 is 34.7 Å². The van der Waals surface area contributed by atoms with Crippen LogP contribution in [0.2, 0.25) is 0 Å². The highest BCUT2D eigenvalue weighted by Gasteiger charge is 2.73. The van der Waals surface area contributed by atoms with Gasteiger partial charge in [-0.1, -0.05) is 13.0 Å². The average Bonchev–Trinajstić information content (AvgIpc) is 2.85. The number of phenols is 1. The van der Waals surface area contributed by atoms with Gasteiger partial charge in [-0.3, -0.25) is 28.9 Å². The number of Topliss-reactive ketones (excluding diaryl/α,β-unsaturated/α-hetero) is 4. The van der Waals surface area contributed by atoms with E-state index in [9.17, 15) is 39.3 Å². The van der Waals surface area contributed by atoms with Crippen LogP contribution >= 0.6 is 0 Å². The molecule has 0 spiro atoms. The van der Waals surface area contributed by atoms with Crippen LogP contribution in [0.15, 0.2) is 12.1 Å². The molecule has 8 atom stereocenters. The lowest BCUT2D eigenvalue weighted by Gasteiger charge is -2.56. The highest BCUT2D eigenvalue weighted by atomic mass is 16.3. The van der Waals surface area contributed by atoms with Crippen molar-refractivity contribution in [2.24, 2.45) is 29.4 Å². The molecule has 12 nitrogen and oxygen atoms in total. The van der Waals surface area contributed by atoms with Crippen LogP contribution in [0.25, 0.3) is 0 Å². The zero-order chi connectivity index (χ0) is 32.1. The Bertz CT molecular complexity index is 1420. The number of fused-ring (bicyclic) bond motifs is 3. The van der Waals surface area contributed by atoms with E-state index in [2.05, 4.69) is 38.3 Å². The summed E-state index contributed by atoms with van der Waals surface area (Å²) in [5.74, 6) is -13.3. The molecule has 1 aliphatic heterocycles. The first kappa shape index (κ1) is 31.2. The first-order chi connectivity index (χ1) is 19.7. The molecular formula is C31H42N4O8. The summed E-state index contributed by atoms with van der Waals surface area (Å²) >= 11 is 0. The summed E-state index contributed by atoms with van der Waals surface area (Å²) in [4.78, 5) is 68.6. The van der Waals surface area contributed by atoms with Gasteiger partial charge in [0.05, 0.1) is 35.2 Å². The molecule has 3 fully saturated rings. The van der Waals surface area contributed by atoms with Gasteiger partial charge in [0.2, 0.25) is 5.91 Å². The number of benzene rings is 1. The number of aliphatic hydroxyl groups excluding tert-OH is 1. The van der Waals surface area contributed by atoms with E-state index in [1.54, 1.807) is 19.1 Å². The number of nitrogens with one attached hydrogen (secondary N) is 2. The molecule has 1 amide bonds. The number of carbonyl (C=O) groups excluding carboxylic acids is 5. The number of amides is 1. The minimum atomic E-state index is -3.02. The highest BCUT2D eigenvalue weighted by Crippen LogP contribution is 2.55. The number of piperidine rings is 1. The summed E-state index contributed by atoms with van der Waals surface area (Å²) in [6.45, 7) is 10.0.